The van der Waals surface area contributed by atoms with Crippen molar-refractivity contribution in [2.24, 2.45) is 9.98 Å². The second-order valence-corrected chi connectivity index (χ2v) is 23.7. The van der Waals surface area contributed by atoms with Crippen molar-refractivity contribution >= 4 is 143 Å². The SMILES string of the molecule is c1ccc(C2=NC(n3c4ccccc4c4ccc5c6ccc7c8ccccc8n(-c8ccccc8)c7c6n(-c6ccccc6)c5c43)=NC(n3c4ccccc4c4ccc5c6ccc7c8ccccc8n(-c8ccccc8)c7c6n(-c6ccccc6)c5c43)N2)cc1. The standard InChI is InChI=1S/C81H51N9/c1-6-24-50(25-7-1)79-82-80(89-69-40-22-18-36-57(69)61-44-48-65-63-46-42-59-55-34-16-20-38-67(55)85(51-26-8-2-9-27-51)71(59)73(63)87(75(65)77(61)89)53-30-12-4-13-31-53)84-81(83-79)90-70-41-23-19-37-58(70)62-45-49-66-64-47-43-60-56-35-17-21-39-68(56)86(52-28-10-3-11-29-52)72(60)74(64)88(76(66)78(62)90)54-32-14-5-15-33-54/h1-49,80H,(H,82,83,84). The maximum absolute atomic E-state index is 6.05. The summed E-state index contributed by atoms with van der Waals surface area (Å²) in [5, 5.41) is 17.9. The van der Waals surface area contributed by atoms with E-state index in [2.05, 4.69) is 330 Å². The van der Waals surface area contributed by atoms with Crippen LogP contribution in [-0.4, -0.2) is 39.2 Å². The van der Waals surface area contributed by atoms with E-state index in [0.29, 0.717) is 5.96 Å². The van der Waals surface area contributed by atoms with Gasteiger partial charge in [0.1, 0.15) is 5.84 Å². The molecular weight excluding hydrogens is 1100 g/mol. The number of nitrogens with one attached hydrogen (secondary N) is 1. The van der Waals surface area contributed by atoms with E-state index >= 15 is 0 Å². The molecule has 20 rings (SSSR count). The summed E-state index contributed by atoms with van der Waals surface area (Å²) in [6.45, 7) is 0. The first-order valence-electron chi connectivity index (χ1n) is 30.8. The zero-order chi connectivity index (χ0) is 58.7. The van der Waals surface area contributed by atoms with Gasteiger partial charge in [-0.2, -0.15) is 4.99 Å². The molecule has 0 radical (unpaired) electrons. The summed E-state index contributed by atoms with van der Waals surface area (Å²) in [5.41, 5.74) is 18.5. The molecule has 0 saturated heterocycles. The fraction of sp³-hybridized carbons (Fsp3) is 0.0123. The van der Waals surface area contributed by atoms with Gasteiger partial charge in [-0.15, -0.1) is 0 Å². The van der Waals surface area contributed by atoms with E-state index in [0.717, 1.165) is 143 Å². The molecule has 6 aromatic heterocycles. The molecule has 0 aliphatic carbocycles. The largest absolute Gasteiger partial charge is 0.330 e. The van der Waals surface area contributed by atoms with E-state index in [-0.39, 0.29) is 0 Å². The quantitative estimate of drug-likeness (QED) is 0.177. The van der Waals surface area contributed by atoms with E-state index in [1.165, 1.54) is 21.5 Å². The van der Waals surface area contributed by atoms with Crippen LogP contribution in [0.5, 0.6) is 0 Å². The van der Waals surface area contributed by atoms with Crippen molar-refractivity contribution in [2.75, 3.05) is 0 Å². The Morgan fingerprint density at radius 3 is 0.922 bits per heavy atom. The minimum Gasteiger partial charge on any atom is -0.330 e. The van der Waals surface area contributed by atoms with Gasteiger partial charge in [0.2, 0.25) is 12.2 Å². The molecule has 420 valence electrons. The summed E-state index contributed by atoms with van der Waals surface area (Å²) in [6, 6.07) is 108. The number of hydrogen-bond donors (Lipinski definition) is 1. The third kappa shape index (κ3) is 6.69. The van der Waals surface area contributed by atoms with Crippen molar-refractivity contribution in [1.29, 1.82) is 0 Å². The third-order valence-electron chi connectivity index (χ3n) is 19.0. The molecule has 1 aliphatic heterocycles. The van der Waals surface area contributed by atoms with Gasteiger partial charge in [-0.1, -0.05) is 224 Å². The minimum atomic E-state index is -0.699. The third-order valence-corrected chi connectivity index (χ3v) is 19.0. The van der Waals surface area contributed by atoms with Crippen LogP contribution in [0.2, 0.25) is 0 Å². The molecule has 9 nitrogen and oxygen atoms in total. The van der Waals surface area contributed by atoms with E-state index < -0.39 is 6.29 Å². The molecule has 1 aliphatic rings. The Kier molecular flexibility index (Phi) is 10.2. The second kappa shape index (κ2) is 18.7. The van der Waals surface area contributed by atoms with Gasteiger partial charge in [-0.3, -0.25) is 9.13 Å². The molecule has 19 aromatic rings. The summed E-state index contributed by atoms with van der Waals surface area (Å²) in [5.74, 6) is 1.29. The lowest BCUT2D eigenvalue weighted by molar-refractivity contribution is 0.513. The smallest absolute Gasteiger partial charge is 0.235 e. The van der Waals surface area contributed by atoms with Crippen molar-refractivity contribution in [1.82, 2.24) is 32.7 Å². The van der Waals surface area contributed by atoms with Crippen LogP contribution >= 0.6 is 0 Å². The second-order valence-electron chi connectivity index (χ2n) is 23.7. The summed E-state index contributed by atoms with van der Waals surface area (Å²) < 4.78 is 14.8. The van der Waals surface area contributed by atoms with Gasteiger partial charge >= 0.3 is 0 Å². The Balaban J connectivity index is 0.936. The lowest BCUT2D eigenvalue weighted by Gasteiger charge is -2.26. The van der Waals surface area contributed by atoms with Crippen molar-refractivity contribution in [3.63, 3.8) is 0 Å². The average molecular weight is 1150 g/mol. The first-order chi connectivity index (χ1) is 44.7. The van der Waals surface area contributed by atoms with Crippen LogP contribution in [0.3, 0.4) is 0 Å². The van der Waals surface area contributed by atoms with Crippen LogP contribution < -0.4 is 5.32 Å². The van der Waals surface area contributed by atoms with Gasteiger partial charge in [0.15, 0.2) is 0 Å². The first-order valence-corrected chi connectivity index (χ1v) is 30.8. The lowest BCUT2D eigenvalue weighted by Crippen LogP contribution is -2.37. The van der Waals surface area contributed by atoms with E-state index in [1.54, 1.807) is 0 Å². The summed E-state index contributed by atoms with van der Waals surface area (Å²) in [4.78, 5) is 11.8. The molecule has 1 unspecified atom stereocenters. The fourth-order valence-electron chi connectivity index (χ4n) is 15.4. The zero-order valence-electron chi connectivity index (χ0n) is 48.4. The number of aliphatic imine (C=N–C) groups is 2. The van der Waals surface area contributed by atoms with Gasteiger partial charge in [0, 0.05) is 92.9 Å². The highest BCUT2D eigenvalue weighted by Crippen LogP contribution is 2.48. The molecule has 1 N–H and O–H groups in total. The number of rotatable bonds is 6. The van der Waals surface area contributed by atoms with Gasteiger partial charge in [0.05, 0.1) is 66.2 Å². The average Bonchev–Trinajstić information content (AvgIpc) is 1.55. The topological polar surface area (TPSA) is 66.3 Å². The molecule has 0 bridgehead atoms. The highest BCUT2D eigenvalue weighted by Gasteiger charge is 2.32. The molecule has 9 heteroatoms. The molecule has 1 atom stereocenters. The highest BCUT2D eigenvalue weighted by molar-refractivity contribution is 6.32. The predicted molar refractivity (Wildman–Crippen MR) is 374 cm³/mol. The molecular formula is C81H51N9. The number of para-hydroxylation sites is 8. The van der Waals surface area contributed by atoms with Gasteiger partial charge in [0.25, 0.3) is 0 Å². The number of aromatic nitrogens is 6. The van der Waals surface area contributed by atoms with Crippen LogP contribution in [0.4, 0.5) is 0 Å². The molecule has 7 heterocycles. The van der Waals surface area contributed by atoms with Crippen LogP contribution in [0.15, 0.2) is 307 Å². The molecule has 0 spiro atoms. The number of nitrogens with zero attached hydrogens (tertiary/aromatic N) is 8. The number of fused-ring (bicyclic) bond motifs is 22. The summed E-state index contributed by atoms with van der Waals surface area (Å²) in [7, 11) is 0. The number of benzene rings is 13. The Labute approximate surface area is 514 Å². The van der Waals surface area contributed by atoms with Crippen molar-refractivity contribution < 1.29 is 0 Å². The Bertz CT molecular complexity index is 6280. The Morgan fingerprint density at radius 2 is 0.511 bits per heavy atom. The van der Waals surface area contributed by atoms with Crippen molar-refractivity contribution in [3.05, 3.63) is 303 Å². The Morgan fingerprint density at radius 1 is 0.233 bits per heavy atom. The maximum atomic E-state index is 6.05. The highest BCUT2D eigenvalue weighted by atomic mass is 15.4. The van der Waals surface area contributed by atoms with Crippen LogP contribution in [-0.2, 0) is 0 Å². The zero-order valence-corrected chi connectivity index (χ0v) is 48.4. The first kappa shape index (κ1) is 49.0. The van der Waals surface area contributed by atoms with Crippen LogP contribution in [0.25, 0.3) is 154 Å². The normalized spacial score (nSPS) is 13.9. The molecule has 0 saturated carbocycles. The van der Waals surface area contributed by atoms with E-state index in [1.807, 2.05) is 0 Å². The fourth-order valence-corrected chi connectivity index (χ4v) is 15.4. The number of amidine groups is 1. The van der Waals surface area contributed by atoms with Crippen molar-refractivity contribution in [2.45, 2.75) is 6.29 Å². The molecule has 13 aromatic carbocycles. The molecule has 0 amide bonds. The van der Waals surface area contributed by atoms with E-state index in [9.17, 15) is 0 Å². The minimum absolute atomic E-state index is 0.570. The van der Waals surface area contributed by atoms with Gasteiger partial charge in [-0.05, 0) is 72.8 Å². The summed E-state index contributed by atoms with van der Waals surface area (Å²) in [6.07, 6.45) is -0.699. The van der Waals surface area contributed by atoms with E-state index in [4.69, 9.17) is 9.98 Å². The summed E-state index contributed by atoms with van der Waals surface area (Å²) >= 11 is 0. The van der Waals surface area contributed by atoms with Crippen LogP contribution in [0, 0.1) is 0 Å². The van der Waals surface area contributed by atoms with Crippen molar-refractivity contribution in [3.8, 4) is 22.7 Å². The van der Waals surface area contributed by atoms with Crippen LogP contribution in [0.1, 0.15) is 11.9 Å². The maximum Gasteiger partial charge on any atom is 0.235 e. The Hall–Kier alpha value is -12.2. The van der Waals surface area contributed by atoms with Gasteiger partial charge in [-0.25, -0.2) is 4.99 Å². The molecule has 0 fully saturated rings. The number of hydrogen-bond acceptors (Lipinski definition) is 3. The predicted octanol–water partition coefficient (Wildman–Crippen LogP) is 19.7. The van der Waals surface area contributed by atoms with Gasteiger partial charge < -0.3 is 23.6 Å². The molecule has 90 heavy (non-hydrogen) atoms. The monoisotopic (exact) mass is 1150 g/mol. The lowest BCUT2D eigenvalue weighted by atomic mass is 10.1.